The van der Waals surface area contributed by atoms with Crippen molar-refractivity contribution < 1.29 is 4.74 Å². The number of anilines is 3. The lowest BCUT2D eigenvalue weighted by molar-refractivity contribution is -0.00523. The van der Waals surface area contributed by atoms with Crippen molar-refractivity contribution in [3.05, 3.63) is 43.0 Å². The zero-order valence-corrected chi connectivity index (χ0v) is 18.3. The van der Waals surface area contributed by atoms with Gasteiger partial charge < -0.3 is 19.5 Å². The summed E-state index contributed by atoms with van der Waals surface area (Å²) in [5.41, 5.74) is 3.93. The number of hydrogen-bond donors (Lipinski definition) is 1. The Balaban J connectivity index is 1.42. The summed E-state index contributed by atoms with van der Waals surface area (Å²) in [6.07, 6.45) is 6.03. The zero-order chi connectivity index (χ0) is 21.5. The van der Waals surface area contributed by atoms with E-state index in [1.807, 2.05) is 36.9 Å². The summed E-state index contributed by atoms with van der Waals surface area (Å²) in [5.74, 6) is 1.23. The van der Waals surface area contributed by atoms with E-state index in [0.717, 1.165) is 40.7 Å². The molecule has 0 radical (unpaired) electrons. The summed E-state index contributed by atoms with van der Waals surface area (Å²) in [4.78, 5) is 20.7. The third kappa shape index (κ3) is 3.79. The summed E-state index contributed by atoms with van der Waals surface area (Å²) in [6.45, 7) is 10.2. The summed E-state index contributed by atoms with van der Waals surface area (Å²) in [6, 6.07) is 8.36. The van der Waals surface area contributed by atoms with Crippen molar-refractivity contribution in [3.63, 3.8) is 0 Å². The van der Waals surface area contributed by atoms with Crippen LogP contribution < -0.4 is 10.2 Å². The molecule has 3 aromatic heterocycles. The molecule has 160 valence electrons. The molecule has 0 spiro atoms. The quantitative estimate of drug-likeness (QED) is 0.530. The van der Waals surface area contributed by atoms with Gasteiger partial charge in [0.15, 0.2) is 0 Å². The van der Waals surface area contributed by atoms with E-state index in [-0.39, 0.29) is 12.2 Å². The molecule has 31 heavy (non-hydrogen) atoms. The Morgan fingerprint density at radius 1 is 1.00 bits per heavy atom. The smallest absolute Gasteiger partial charge is 0.228 e. The van der Waals surface area contributed by atoms with Crippen LogP contribution >= 0.6 is 0 Å². The number of fused-ring (bicyclic) bond motifs is 3. The molecule has 1 aliphatic heterocycles. The lowest BCUT2D eigenvalue weighted by atomic mass is 10.2. The van der Waals surface area contributed by atoms with Gasteiger partial charge in [-0.15, -0.1) is 0 Å². The second kappa shape index (κ2) is 7.77. The van der Waals surface area contributed by atoms with Gasteiger partial charge in [0, 0.05) is 30.7 Å². The minimum Gasteiger partial charge on any atom is -0.372 e. The van der Waals surface area contributed by atoms with E-state index in [1.165, 1.54) is 0 Å². The van der Waals surface area contributed by atoms with Gasteiger partial charge in [-0.25, -0.2) is 19.9 Å². The number of rotatable bonds is 4. The Kier molecular flexibility index (Phi) is 4.94. The van der Waals surface area contributed by atoms with Crippen LogP contribution in [0.1, 0.15) is 33.7 Å². The van der Waals surface area contributed by atoms with Gasteiger partial charge in [-0.1, -0.05) is 0 Å². The number of hydrogen-bond acceptors (Lipinski definition) is 7. The molecule has 1 aromatic carbocycles. The number of nitrogens with zero attached hydrogens (tertiary/aromatic N) is 6. The van der Waals surface area contributed by atoms with Crippen LogP contribution in [-0.2, 0) is 4.74 Å². The zero-order valence-electron chi connectivity index (χ0n) is 18.3. The van der Waals surface area contributed by atoms with E-state index in [0.29, 0.717) is 17.8 Å². The van der Waals surface area contributed by atoms with Gasteiger partial charge >= 0.3 is 0 Å². The highest BCUT2D eigenvalue weighted by atomic mass is 16.5. The van der Waals surface area contributed by atoms with Crippen LogP contribution in [0.25, 0.3) is 21.9 Å². The van der Waals surface area contributed by atoms with Crippen LogP contribution in [0.2, 0.25) is 0 Å². The van der Waals surface area contributed by atoms with E-state index in [4.69, 9.17) is 9.72 Å². The van der Waals surface area contributed by atoms with Crippen LogP contribution in [0, 0.1) is 0 Å². The van der Waals surface area contributed by atoms with Crippen molar-refractivity contribution in [1.82, 2.24) is 24.5 Å². The molecule has 1 saturated heterocycles. The first-order valence-corrected chi connectivity index (χ1v) is 10.7. The molecule has 4 heterocycles. The first kappa shape index (κ1) is 19.7. The molecule has 0 unspecified atom stereocenters. The summed E-state index contributed by atoms with van der Waals surface area (Å²) < 4.78 is 7.97. The Labute approximate surface area is 181 Å². The van der Waals surface area contributed by atoms with Gasteiger partial charge in [0.25, 0.3) is 0 Å². The van der Waals surface area contributed by atoms with Crippen molar-refractivity contribution in [2.45, 2.75) is 45.9 Å². The molecule has 1 fully saturated rings. The molecule has 8 heteroatoms. The first-order valence-electron chi connectivity index (χ1n) is 10.7. The van der Waals surface area contributed by atoms with Crippen molar-refractivity contribution in [2.24, 2.45) is 0 Å². The predicted octanol–water partition coefficient (Wildman–Crippen LogP) is 4.31. The maximum atomic E-state index is 5.83. The lowest BCUT2D eigenvalue weighted by Crippen LogP contribution is -2.45. The summed E-state index contributed by atoms with van der Waals surface area (Å²) in [5, 5.41) is 4.23. The van der Waals surface area contributed by atoms with Crippen molar-refractivity contribution in [1.29, 1.82) is 0 Å². The number of morpholine rings is 1. The minimum absolute atomic E-state index is 0.212. The summed E-state index contributed by atoms with van der Waals surface area (Å²) >= 11 is 0. The predicted molar refractivity (Wildman–Crippen MR) is 123 cm³/mol. The van der Waals surface area contributed by atoms with Crippen LogP contribution in [0.5, 0.6) is 0 Å². The fraction of sp³-hybridized carbons (Fsp3) is 0.391. The molecule has 2 atom stereocenters. The number of aromatic nitrogens is 5. The third-order valence-electron chi connectivity index (χ3n) is 5.61. The largest absolute Gasteiger partial charge is 0.372 e. The normalized spacial score (nSPS) is 19.5. The lowest BCUT2D eigenvalue weighted by Gasteiger charge is -2.36. The molecular weight excluding hydrogens is 390 g/mol. The van der Waals surface area contributed by atoms with Crippen LogP contribution in [0.4, 0.5) is 17.5 Å². The standard InChI is InChI=1S/C23H27N7O/c1-14(2)30-13-26-19-7-5-17-9-25-23(28-21(17)22(19)30)27-20-8-6-18(10-24-20)29-11-15(3)31-16(4)12-29/h5-10,13-16H,11-12H2,1-4H3,(H,24,25,27,28)/t15-,16+. The molecule has 0 aliphatic carbocycles. The number of ether oxygens (including phenoxy) is 1. The maximum Gasteiger partial charge on any atom is 0.228 e. The van der Waals surface area contributed by atoms with Crippen molar-refractivity contribution >= 4 is 39.4 Å². The Hall–Kier alpha value is -3.26. The molecule has 1 N–H and O–H groups in total. The Morgan fingerprint density at radius 2 is 1.81 bits per heavy atom. The maximum absolute atomic E-state index is 5.83. The number of benzene rings is 1. The fourth-order valence-corrected chi connectivity index (χ4v) is 4.21. The molecule has 0 amide bonds. The molecular formula is C23H27N7O. The van der Waals surface area contributed by atoms with E-state index in [2.05, 4.69) is 63.5 Å². The molecule has 8 nitrogen and oxygen atoms in total. The van der Waals surface area contributed by atoms with E-state index in [1.54, 1.807) is 0 Å². The van der Waals surface area contributed by atoms with Crippen molar-refractivity contribution in [2.75, 3.05) is 23.3 Å². The monoisotopic (exact) mass is 417 g/mol. The Bertz CT molecular complexity index is 1210. The van der Waals surface area contributed by atoms with E-state index < -0.39 is 0 Å². The highest BCUT2D eigenvalue weighted by Crippen LogP contribution is 2.27. The average molecular weight is 418 g/mol. The molecule has 0 bridgehead atoms. The minimum atomic E-state index is 0.212. The summed E-state index contributed by atoms with van der Waals surface area (Å²) in [7, 11) is 0. The molecule has 0 saturated carbocycles. The molecule has 4 aromatic rings. The van der Waals surface area contributed by atoms with Crippen LogP contribution in [-0.4, -0.2) is 49.8 Å². The highest BCUT2D eigenvalue weighted by molar-refractivity contribution is 6.02. The van der Waals surface area contributed by atoms with Crippen LogP contribution in [0.15, 0.2) is 43.0 Å². The van der Waals surface area contributed by atoms with Crippen LogP contribution in [0.3, 0.4) is 0 Å². The molecule has 1 aliphatic rings. The van der Waals surface area contributed by atoms with Gasteiger partial charge in [-0.05, 0) is 52.0 Å². The second-order valence-corrected chi connectivity index (χ2v) is 8.50. The average Bonchev–Trinajstić information content (AvgIpc) is 3.19. The van der Waals surface area contributed by atoms with Gasteiger partial charge in [0.2, 0.25) is 5.95 Å². The van der Waals surface area contributed by atoms with Gasteiger partial charge in [-0.2, -0.15) is 0 Å². The van der Waals surface area contributed by atoms with E-state index >= 15 is 0 Å². The highest BCUT2D eigenvalue weighted by Gasteiger charge is 2.22. The van der Waals surface area contributed by atoms with Crippen molar-refractivity contribution in [3.8, 4) is 0 Å². The fourth-order valence-electron chi connectivity index (χ4n) is 4.21. The van der Waals surface area contributed by atoms with Gasteiger partial charge in [0.05, 0.1) is 41.5 Å². The number of imidazole rings is 1. The second-order valence-electron chi connectivity index (χ2n) is 8.50. The van der Waals surface area contributed by atoms with E-state index in [9.17, 15) is 0 Å². The van der Waals surface area contributed by atoms with Gasteiger partial charge in [0.1, 0.15) is 11.3 Å². The number of pyridine rings is 1. The SMILES string of the molecule is CC(C)n1cnc2ccc3cnc(Nc4ccc(N5C[C@@H](C)O[C@@H](C)C5)cn4)nc3c21. The van der Waals surface area contributed by atoms with Gasteiger partial charge in [-0.3, -0.25) is 0 Å². The number of nitrogens with one attached hydrogen (secondary N) is 1. The topological polar surface area (TPSA) is 81.0 Å². The first-order chi connectivity index (χ1) is 15.0. The Morgan fingerprint density at radius 3 is 2.52 bits per heavy atom. The molecule has 5 rings (SSSR count). The third-order valence-corrected chi connectivity index (χ3v) is 5.61.